The monoisotopic (exact) mass is 279 g/mol. The number of anilines is 1. The van der Waals surface area contributed by atoms with E-state index in [4.69, 9.17) is 0 Å². The van der Waals surface area contributed by atoms with E-state index >= 15 is 0 Å². The third-order valence-electron chi connectivity index (χ3n) is 1.86. The Morgan fingerprint density at radius 1 is 0.933 bits per heavy atom. The molecule has 0 saturated carbocycles. The first-order valence-corrected chi connectivity index (χ1v) is 6.19. The largest absolute Gasteiger partial charge is 0.326 e. The number of halogens is 1. The summed E-state index contributed by atoms with van der Waals surface area (Å²) in [5.74, 6) is 0. The number of hydrogen-bond acceptors (Lipinski definition) is 2. The lowest BCUT2D eigenvalue weighted by Gasteiger charge is -2.04. The molecule has 0 heterocycles. The van der Waals surface area contributed by atoms with Crippen molar-refractivity contribution in [3.8, 4) is 0 Å². The zero-order valence-corrected chi connectivity index (χ0v) is 10.4. The molecule has 0 bridgehead atoms. The minimum atomic E-state index is 1.10. The maximum atomic E-state index is 3.45. The molecule has 2 rings (SSSR count). The lowest BCUT2D eigenvalue weighted by Crippen LogP contribution is -1.85. The first kappa shape index (κ1) is 10.6. The van der Waals surface area contributed by atoms with E-state index in [1.165, 1.54) is 4.90 Å². The van der Waals surface area contributed by atoms with Crippen LogP contribution in [0.4, 0.5) is 5.69 Å². The quantitative estimate of drug-likeness (QED) is 0.827. The zero-order valence-electron chi connectivity index (χ0n) is 7.98. The molecule has 1 N–H and O–H groups in total. The Morgan fingerprint density at radius 2 is 1.73 bits per heavy atom. The third-order valence-corrected chi connectivity index (χ3v) is 3.18. The van der Waals surface area contributed by atoms with Gasteiger partial charge in [-0.2, -0.15) is 0 Å². The molecule has 0 radical (unpaired) electrons. The maximum absolute atomic E-state index is 3.45. The molecule has 76 valence electrons. The van der Waals surface area contributed by atoms with Crippen molar-refractivity contribution in [1.29, 1.82) is 0 Å². The molecule has 0 aromatic heterocycles. The average Bonchev–Trinajstić information content (AvgIpc) is 2.28. The van der Waals surface area contributed by atoms with Crippen molar-refractivity contribution in [3.63, 3.8) is 0 Å². The molecule has 2 aromatic carbocycles. The molecule has 0 fully saturated rings. The molecule has 0 spiro atoms. The van der Waals surface area contributed by atoms with Gasteiger partial charge in [0.15, 0.2) is 0 Å². The van der Waals surface area contributed by atoms with Crippen molar-refractivity contribution < 1.29 is 0 Å². The predicted molar refractivity (Wildman–Crippen MR) is 70.1 cm³/mol. The highest BCUT2D eigenvalue weighted by atomic mass is 79.9. The Bertz CT molecular complexity index is 431. The van der Waals surface area contributed by atoms with E-state index in [1.54, 1.807) is 11.9 Å². The normalized spacial score (nSPS) is 9.93. The van der Waals surface area contributed by atoms with E-state index in [1.807, 2.05) is 42.5 Å². The summed E-state index contributed by atoms with van der Waals surface area (Å²) in [7, 11) is 0. The summed E-state index contributed by atoms with van der Waals surface area (Å²) in [4.78, 5) is 1.19. The summed E-state index contributed by atoms with van der Waals surface area (Å²) in [5.41, 5.74) is 1.11. The zero-order chi connectivity index (χ0) is 10.5. The fourth-order valence-corrected chi connectivity index (χ4v) is 2.41. The summed E-state index contributed by atoms with van der Waals surface area (Å²) in [6, 6.07) is 18.3. The van der Waals surface area contributed by atoms with Crippen LogP contribution >= 0.6 is 27.9 Å². The van der Waals surface area contributed by atoms with Crippen LogP contribution in [0.25, 0.3) is 0 Å². The van der Waals surface area contributed by atoms with E-state index in [2.05, 4.69) is 32.8 Å². The minimum Gasteiger partial charge on any atom is -0.326 e. The second-order valence-electron chi connectivity index (χ2n) is 3.03. The van der Waals surface area contributed by atoms with Gasteiger partial charge in [0, 0.05) is 15.1 Å². The topological polar surface area (TPSA) is 12.0 Å². The van der Waals surface area contributed by atoms with E-state index in [9.17, 15) is 0 Å². The van der Waals surface area contributed by atoms with E-state index < -0.39 is 0 Å². The van der Waals surface area contributed by atoms with E-state index in [-0.39, 0.29) is 0 Å². The Hall–Kier alpha value is -0.930. The van der Waals surface area contributed by atoms with Gasteiger partial charge in [0.1, 0.15) is 0 Å². The molecular formula is C12H10BrNS. The van der Waals surface area contributed by atoms with Crippen LogP contribution in [0.15, 0.2) is 64.0 Å². The first-order chi connectivity index (χ1) is 7.34. The van der Waals surface area contributed by atoms with E-state index in [0.29, 0.717) is 0 Å². The van der Waals surface area contributed by atoms with Crippen LogP contribution in [0.2, 0.25) is 0 Å². The molecule has 15 heavy (non-hydrogen) atoms. The highest BCUT2D eigenvalue weighted by molar-refractivity contribution is 9.10. The Labute approximate surface area is 102 Å². The van der Waals surface area contributed by atoms with Gasteiger partial charge in [-0.25, -0.2) is 0 Å². The van der Waals surface area contributed by atoms with Crippen LogP contribution in [0.5, 0.6) is 0 Å². The van der Waals surface area contributed by atoms with Crippen molar-refractivity contribution in [2.24, 2.45) is 0 Å². The lowest BCUT2D eigenvalue weighted by molar-refractivity contribution is 1.44. The molecule has 0 unspecified atom stereocenters. The second-order valence-corrected chi connectivity index (χ2v) is 4.82. The van der Waals surface area contributed by atoms with Crippen molar-refractivity contribution in [3.05, 3.63) is 59.1 Å². The summed E-state index contributed by atoms with van der Waals surface area (Å²) in [6.45, 7) is 0. The van der Waals surface area contributed by atoms with Gasteiger partial charge in [-0.05, 0) is 42.3 Å². The van der Waals surface area contributed by atoms with Crippen LogP contribution in [0, 0.1) is 0 Å². The summed E-state index contributed by atoms with van der Waals surface area (Å²) in [6.07, 6.45) is 0. The minimum absolute atomic E-state index is 1.10. The van der Waals surface area contributed by atoms with Crippen molar-refractivity contribution in [2.75, 3.05) is 4.72 Å². The number of hydrogen-bond donors (Lipinski definition) is 1. The molecule has 0 aliphatic heterocycles. The van der Waals surface area contributed by atoms with Gasteiger partial charge in [0.25, 0.3) is 0 Å². The SMILES string of the molecule is Brc1cccc(SNc2ccccc2)c1. The number of rotatable bonds is 3. The van der Waals surface area contributed by atoms with E-state index in [0.717, 1.165) is 10.2 Å². The molecular weight excluding hydrogens is 270 g/mol. The second kappa shape index (κ2) is 5.24. The van der Waals surface area contributed by atoms with Crippen LogP contribution in [0.3, 0.4) is 0 Å². The molecule has 0 amide bonds. The van der Waals surface area contributed by atoms with Gasteiger partial charge in [-0.3, -0.25) is 0 Å². The summed E-state index contributed by atoms with van der Waals surface area (Å²) in [5, 5.41) is 0. The highest BCUT2D eigenvalue weighted by Crippen LogP contribution is 2.23. The Morgan fingerprint density at radius 3 is 2.47 bits per heavy atom. The Balaban J connectivity index is 1.99. The molecule has 0 aliphatic rings. The van der Waals surface area contributed by atoms with Crippen LogP contribution in [-0.2, 0) is 0 Å². The van der Waals surface area contributed by atoms with Gasteiger partial charge in [-0.15, -0.1) is 0 Å². The smallest absolute Gasteiger partial charge is 0.0443 e. The first-order valence-electron chi connectivity index (χ1n) is 4.58. The van der Waals surface area contributed by atoms with Crippen molar-refractivity contribution >= 4 is 33.6 Å². The van der Waals surface area contributed by atoms with Crippen LogP contribution in [0.1, 0.15) is 0 Å². The fourth-order valence-electron chi connectivity index (χ4n) is 1.15. The fraction of sp³-hybridized carbons (Fsp3) is 0. The van der Waals surface area contributed by atoms with Gasteiger partial charge in [0.2, 0.25) is 0 Å². The molecule has 0 atom stereocenters. The molecule has 3 heteroatoms. The van der Waals surface area contributed by atoms with Gasteiger partial charge in [0.05, 0.1) is 0 Å². The number of benzene rings is 2. The van der Waals surface area contributed by atoms with Crippen molar-refractivity contribution in [1.82, 2.24) is 0 Å². The van der Waals surface area contributed by atoms with Gasteiger partial charge in [-0.1, -0.05) is 40.2 Å². The standard InChI is InChI=1S/C12H10BrNS/c13-10-5-4-8-12(9-10)15-14-11-6-2-1-3-7-11/h1-9,14H. The highest BCUT2D eigenvalue weighted by Gasteiger charge is 1.95. The molecule has 0 aliphatic carbocycles. The van der Waals surface area contributed by atoms with Crippen LogP contribution in [-0.4, -0.2) is 0 Å². The Kier molecular flexibility index (Phi) is 3.69. The summed E-state index contributed by atoms with van der Waals surface area (Å²) >= 11 is 5.05. The maximum Gasteiger partial charge on any atom is 0.0443 e. The van der Waals surface area contributed by atoms with Crippen molar-refractivity contribution in [2.45, 2.75) is 4.90 Å². The van der Waals surface area contributed by atoms with Crippen LogP contribution < -0.4 is 4.72 Å². The predicted octanol–water partition coefficient (Wildman–Crippen LogP) is 4.57. The number of para-hydroxylation sites is 1. The average molecular weight is 280 g/mol. The molecule has 2 aromatic rings. The molecule has 1 nitrogen and oxygen atoms in total. The summed E-state index contributed by atoms with van der Waals surface area (Å²) < 4.78 is 4.38. The van der Waals surface area contributed by atoms with Gasteiger partial charge >= 0.3 is 0 Å². The number of nitrogens with one attached hydrogen (secondary N) is 1. The third kappa shape index (κ3) is 3.29. The molecule has 0 saturated heterocycles. The lowest BCUT2D eigenvalue weighted by atomic mass is 10.3. The van der Waals surface area contributed by atoms with Gasteiger partial charge < -0.3 is 4.72 Å².